The van der Waals surface area contributed by atoms with Crippen molar-refractivity contribution < 1.29 is 28.6 Å². The summed E-state index contributed by atoms with van der Waals surface area (Å²) in [6.07, 6.45) is 1.46. The number of amides is 1. The van der Waals surface area contributed by atoms with E-state index in [1.165, 1.54) is 35.4 Å². The number of carbonyl (C=O) groups is 2. The maximum atomic E-state index is 13.5. The van der Waals surface area contributed by atoms with E-state index in [1.807, 2.05) is 0 Å². The summed E-state index contributed by atoms with van der Waals surface area (Å²) in [4.78, 5) is 27.8. The van der Waals surface area contributed by atoms with E-state index in [-0.39, 0.29) is 28.7 Å². The smallest absolute Gasteiger partial charge is 0.290 e. The SMILES string of the molecule is O=C(C1=C(O)C(=O)N(Cc2ccco2)C1c1ccc(O)c(Cl)c1)c1cc2cc(Cl)ccc2o1. The van der Waals surface area contributed by atoms with Crippen LogP contribution in [0, 0.1) is 0 Å². The molecular weight excluding hydrogens is 469 g/mol. The van der Waals surface area contributed by atoms with Crippen molar-refractivity contribution in [1.82, 2.24) is 4.90 Å². The Balaban J connectivity index is 1.62. The number of nitrogens with zero attached hydrogens (tertiary/aromatic N) is 1. The van der Waals surface area contributed by atoms with Crippen LogP contribution < -0.4 is 0 Å². The molecule has 0 fully saturated rings. The number of aromatic hydroxyl groups is 1. The number of aliphatic hydroxyl groups excluding tert-OH is 1. The fourth-order valence-corrected chi connectivity index (χ4v) is 4.29. The zero-order valence-corrected chi connectivity index (χ0v) is 18.3. The van der Waals surface area contributed by atoms with E-state index in [1.54, 1.807) is 30.3 Å². The van der Waals surface area contributed by atoms with Crippen LogP contribution in [0.25, 0.3) is 11.0 Å². The Morgan fingerprint density at radius 3 is 2.61 bits per heavy atom. The number of hydrogen-bond acceptors (Lipinski definition) is 6. The van der Waals surface area contributed by atoms with Crippen molar-refractivity contribution in [3.05, 3.63) is 99.3 Å². The van der Waals surface area contributed by atoms with Crippen LogP contribution in [0.5, 0.6) is 5.75 Å². The van der Waals surface area contributed by atoms with Crippen LogP contribution in [-0.4, -0.2) is 26.8 Å². The van der Waals surface area contributed by atoms with Crippen LogP contribution in [0.3, 0.4) is 0 Å². The number of aliphatic hydroxyl groups is 1. The Bertz CT molecular complexity index is 1440. The molecule has 0 saturated carbocycles. The number of benzene rings is 2. The molecule has 7 nitrogen and oxygen atoms in total. The van der Waals surface area contributed by atoms with Crippen LogP contribution in [0.2, 0.25) is 10.0 Å². The van der Waals surface area contributed by atoms with Gasteiger partial charge in [-0.25, -0.2) is 0 Å². The van der Waals surface area contributed by atoms with Crippen molar-refractivity contribution in [3.63, 3.8) is 0 Å². The molecule has 33 heavy (non-hydrogen) atoms. The van der Waals surface area contributed by atoms with Gasteiger partial charge in [0.15, 0.2) is 11.5 Å². The molecule has 4 aromatic rings. The second-order valence-corrected chi connectivity index (χ2v) is 8.35. The quantitative estimate of drug-likeness (QED) is 0.346. The van der Waals surface area contributed by atoms with E-state index < -0.39 is 23.5 Å². The lowest BCUT2D eigenvalue weighted by Gasteiger charge is -2.26. The molecule has 9 heteroatoms. The number of carbonyl (C=O) groups excluding carboxylic acids is 2. The number of halogens is 2. The zero-order valence-electron chi connectivity index (χ0n) is 16.8. The van der Waals surface area contributed by atoms with Gasteiger partial charge in [-0.05, 0) is 54.1 Å². The summed E-state index contributed by atoms with van der Waals surface area (Å²) >= 11 is 12.1. The monoisotopic (exact) mass is 483 g/mol. The van der Waals surface area contributed by atoms with Crippen LogP contribution in [0.1, 0.15) is 27.9 Å². The summed E-state index contributed by atoms with van der Waals surface area (Å²) in [5.41, 5.74) is 0.687. The van der Waals surface area contributed by atoms with Crippen molar-refractivity contribution in [3.8, 4) is 5.75 Å². The van der Waals surface area contributed by atoms with Gasteiger partial charge in [-0.2, -0.15) is 0 Å². The van der Waals surface area contributed by atoms with E-state index >= 15 is 0 Å². The van der Waals surface area contributed by atoms with Crippen LogP contribution in [0.4, 0.5) is 0 Å². The molecular formula is C24H15Cl2NO6. The minimum absolute atomic E-state index is 0.00836. The number of phenols is 1. The Kier molecular flexibility index (Phi) is 5.15. The van der Waals surface area contributed by atoms with E-state index in [2.05, 4.69) is 0 Å². The highest BCUT2D eigenvalue weighted by Crippen LogP contribution is 2.42. The highest BCUT2D eigenvalue weighted by atomic mass is 35.5. The number of rotatable bonds is 5. The number of furan rings is 2. The second kappa shape index (κ2) is 8.03. The first-order chi connectivity index (χ1) is 15.8. The number of ketones is 1. The molecule has 1 aliphatic heterocycles. The predicted octanol–water partition coefficient (Wildman–Crippen LogP) is 5.82. The molecule has 2 aromatic heterocycles. The van der Waals surface area contributed by atoms with Crippen LogP contribution in [-0.2, 0) is 11.3 Å². The average Bonchev–Trinajstić information content (AvgIpc) is 3.50. The molecule has 1 atom stereocenters. The summed E-state index contributed by atoms with van der Waals surface area (Å²) in [5, 5.41) is 21.7. The predicted molar refractivity (Wildman–Crippen MR) is 120 cm³/mol. The number of hydrogen-bond donors (Lipinski definition) is 2. The molecule has 1 amide bonds. The highest BCUT2D eigenvalue weighted by molar-refractivity contribution is 6.32. The number of Topliss-reactive ketones (excluding diaryl/α,β-unsaturated/α-hetero) is 1. The van der Waals surface area contributed by atoms with Gasteiger partial charge in [-0.3, -0.25) is 9.59 Å². The zero-order chi connectivity index (χ0) is 23.3. The molecule has 3 heterocycles. The first-order valence-electron chi connectivity index (χ1n) is 9.82. The topological polar surface area (TPSA) is 104 Å². The van der Waals surface area contributed by atoms with Crippen molar-refractivity contribution in [2.24, 2.45) is 0 Å². The summed E-state index contributed by atoms with van der Waals surface area (Å²) < 4.78 is 11.0. The van der Waals surface area contributed by atoms with E-state index in [4.69, 9.17) is 32.0 Å². The van der Waals surface area contributed by atoms with E-state index in [9.17, 15) is 19.8 Å². The Labute approximate surface area is 197 Å². The van der Waals surface area contributed by atoms with Gasteiger partial charge in [0, 0.05) is 10.4 Å². The van der Waals surface area contributed by atoms with Gasteiger partial charge in [-0.1, -0.05) is 29.3 Å². The molecule has 0 spiro atoms. The summed E-state index contributed by atoms with van der Waals surface area (Å²) in [6.45, 7) is -0.00836. The molecule has 2 N–H and O–H groups in total. The number of fused-ring (bicyclic) bond motifs is 1. The van der Waals surface area contributed by atoms with Crippen molar-refractivity contribution in [2.75, 3.05) is 0 Å². The average molecular weight is 484 g/mol. The van der Waals surface area contributed by atoms with Gasteiger partial charge >= 0.3 is 0 Å². The molecule has 166 valence electrons. The van der Waals surface area contributed by atoms with E-state index in [0.29, 0.717) is 27.3 Å². The normalized spacial score (nSPS) is 16.2. The fourth-order valence-electron chi connectivity index (χ4n) is 3.92. The third-order valence-electron chi connectivity index (χ3n) is 5.44. The third-order valence-corrected chi connectivity index (χ3v) is 5.98. The lowest BCUT2D eigenvalue weighted by Crippen LogP contribution is -2.30. The molecule has 1 unspecified atom stereocenters. The summed E-state index contributed by atoms with van der Waals surface area (Å²) in [6, 6.07) is 13.1. The van der Waals surface area contributed by atoms with Crippen LogP contribution >= 0.6 is 23.2 Å². The number of phenolic OH excluding ortho intramolecular Hbond substituents is 1. The van der Waals surface area contributed by atoms with Gasteiger partial charge in [-0.15, -0.1) is 0 Å². The first kappa shape index (κ1) is 21.2. The maximum absolute atomic E-state index is 13.5. The lowest BCUT2D eigenvalue weighted by molar-refractivity contribution is -0.130. The standard InChI is InChI=1S/C24H15Cl2NO6/c25-14-4-6-18-13(8-14)10-19(33-18)22(29)20-21(12-3-5-17(28)16(26)9-12)27(24(31)23(20)30)11-15-2-1-7-32-15/h1-10,21,28,30H,11H2. The Hall–Kier alpha value is -3.68. The second-order valence-electron chi connectivity index (χ2n) is 7.51. The third kappa shape index (κ3) is 3.65. The molecule has 0 aliphatic carbocycles. The van der Waals surface area contributed by atoms with Crippen LogP contribution in [0.15, 0.2) is 81.0 Å². The Morgan fingerprint density at radius 1 is 1.06 bits per heavy atom. The largest absolute Gasteiger partial charge is 0.506 e. The highest BCUT2D eigenvalue weighted by Gasteiger charge is 2.45. The van der Waals surface area contributed by atoms with Crippen molar-refractivity contribution >= 4 is 45.9 Å². The van der Waals surface area contributed by atoms with Gasteiger partial charge in [0.2, 0.25) is 5.78 Å². The fraction of sp³-hybridized carbons (Fsp3) is 0.0833. The molecule has 0 bridgehead atoms. The molecule has 5 rings (SSSR count). The van der Waals surface area contributed by atoms with Gasteiger partial charge in [0.1, 0.15) is 17.1 Å². The first-order valence-corrected chi connectivity index (χ1v) is 10.6. The summed E-state index contributed by atoms with van der Waals surface area (Å²) in [7, 11) is 0. The van der Waals surface area contributed by atoms with Gasteiger partial charge < -0.3 is 23.9 Å². The van der Waals surface area contributed by atoms with Gasteiger partial charge in [0.05, 0.1) is 29.4 Å². The van der Waals surface area contributed by atoms with Crippen molar-refractivity contribution in [1.29, 1.82) is 0 Å². The maximum Gasteiger partial charge on any atom is 0.290 e. The van der Waals surface area contributed by atoms with Crippen molar-refractivity contribution in [2.45, 2.75) is 12.6 Å². The molecule has 0 saturated heterocycles. The molecule has 2 aromatic carbocycles. The molecule has 0 radical (unpaired) electrons. The summed E-state index contributed by atoms with van der Waals surface area (Å²) in [5.74, 6) is -1.86. The lowest BCUT2D eigenvalue weighted by atomic mass is 9.95. The minimum Gasteiger partial charge on any atom is -0.506 e. The molecule has 1 aliphatic rings. The van der Waals surface area contributed by atoms with Gasteiger partial charge in [0.25, 0.3) is 5.91 Å². The minimum atomic E-state index is -0.995. The van der Waals surface area contributed by atoms with E-state index in [0.717, 1.165) is 0 Å². The Morgan fingerprint density at radius 2 is 1.88 bits per heavy atom.